The summed E-state index contributed by atoms with van der Waals surface area (Å²) in [5.41, 5.74) is 6.54. The molecule has 4 aromatic carbocycles. The van der Waals surface area contributed by atoms with Gasteiger partial charge in [0, 0.05) is 40.9 Å². The van der Waals surface area contributed by atoms with Crippen molar-refractivity contribution in [3.63, 3.8) is 0 Å². The summed E-state index contributed by atoms with van der Waals surface area (Å²) in [6.45, 7) is 1.69. The van der Waals surface area contributed by atoms with Crippen molar-refractivity contribution < 1.29 is 9.59 Å². The van der Waals surface area contributed by atoms with Crippen molar-refractivity contribution in [1.29, 1.82) is 0 Å². The van der Waals surface area contributed by atoms with Crippen molar-refractivity contribution >= 4 is 34.0 Å². The molecule has 34 heavy (non-hydrogen) atoms. The Kier molecular flexibility index (Phi) is 4.91. The molecule has 0 fully saturated rings. The molecule has 0 saturated carbocycles. The minimum absolute atomic E-state index is 0.215. The lowest BCUT2D eigenvalue weighted by atomic mass is 9.94. The number of nitrogens with zero attached hydrogens (tertiary/aromatic N) is 3. The molecule has 4 aromatic rings. The maximum atomic E-state index is 13.0. The summed E-state index contributed by atoms with van der Waals surface area (Å²) in [6.07, 6.45) is 0.660. The highest BCUT2D eigenvalue weighted by molar-refractivity contribution is 6.25. The van der Waals surface area contributed by atoms with Gasteiger partial charge in [-0.2, -0.15) is 10.2 Å². The zero-order valence-electron chi connectivity index (χ0n) is 18.5. The van der Waals surface area contributed by atoms with Gasteiger partial charge in [0.25, 0.3) is 11.8 Å². The van der Waals surface area contributed by atoms with Crippen LogP contribution in [0.25, 0.3) is 21.9 Å². The van der Waals surface area contributed by atoms with Gasteiger partial charge in [-0.1, -0.05) is 48.5 Å². The van der Waals surface area contributed by atoms with Gasteiger partial charge in [0.2, 0.25) is 0 Å². The first-order valence-electron chi connectivity index (χ1n) is 11.4. The average Bonchev–Trinajstić information content (AvgIpc) is 3.35. The van der Waals surface area contributed by atoms with Gasteiger partial charge in [0.1, 0.15) is 0 Å². The van der Waals surface area contributed by atoms with Crippen LogP contribution >= 0.6 is 0 Å². The molecule has 2 aliphatic heterocycles. The van der Waals surface area contributed by atoms with Crippen molar-refractivity contribution in [3.8, 4) is 11.1 Å². The molecule has 2 heterocycles. The van der Waals surface area contributed by atoms with E-state index in [-0.39, 0.29) is 11.8 Å². The lowest BCUT2D eigenvalue weighted by Gasteiger charge is -2.27. The number of imide groups is 1. The van der Waals surface area contributed by atoms with E-state index in [4.69, 9.17) is 0 Å². The molecule has 0 aliphatic carbocycles. The average molecular weight is 447 g/mol. The first-order valence-corrected chi connectivity index (χ1v) is 11.4. The summed E-state index contributed by atoms with van der Waals surface area (Å²) in [5, 5.41) is 13.3. The molecule has 2 amide bonds. The second-order valence-electron chi connectivity index (χ2n) is 8.57. The van der Waals surface area contributed by atoms with Crippen LogP contribution in [0.4, 0.5) is 11.4 Å². The third kappa shape index (κ3) is 3.44. The molecule has 0 aromatic heterocycles. The number of azo groups is 1. The maximum Gasteiger partial charge on any atom is 0.261 e. The van der Waals surface area contributed by atoms with Crippen molar-refractivity contribution in [2.24, 2.45) is 10.2 Å². The molecule has 6 heteroatoms. The summed E-state index contributed by atoms with van der Waals surface area (Å²) >= 11 is 0. The van der Waals surface area contributed by atoms with Gasteiger partial charge in [-0.3, -0.25) is 14.5 Å². The van der Waals surface area contributed by atoms with Crippen LogP contribution in [-0.2, 0) is 6.54 Å². The number of rotatable bonds is 6. The van der Waals surface area contributed by atoms with Gasteiger partial charge in [0.15, 0.2) is 0 Å². The van der Waals surface area contributed by atoms with Crippen molar-refractivity contribution in [2.45, 2.75) is 13.0 Å². The molecule has 0 radical (unpaired) electrons. The quantitative estimate of drug-likeness (QED) is 0.283. The van der Waals surface area contributed by atoms with E-state index in [2.05, 4.69) is 45.9 Å². The molecule has 0 bridgehead atoms. The molecule has 166 valence electrons. The monoisotopic (exact) mass is 446 g/mol. The summed E-state index contributed by atoms with van der Waals surface area (Å²) in [7, 11) is 0. The predicted molar refractivity (Wildman–Crippen MR) is 133 cm³/mol. The van der Waals surface area contributed by atoms with E-state index in [0.717, 1.165) is 38.8 Å². The lowest BCUT2D eigenvalue weighted by molar-refractivity contribution is 0.0610. The molecule has 6 nitrogen and oxygen atoms in total. The molecule has 0 spiro atoms. The Hall–Kier alpha value is -4.32. The molecule has 6 rings (SSSR count). The van der Waals surface area contributed by atoms with Crippen molar-refractivity contribution in [1.82, 2.24) is 4.90 Å². The maximum absolute atomic E-state index is 13.0. The van der Waals surface area contributed by atoms with Crippen LogP contribution in [0.3, 0.4) is 0 Å². The largest absolute Gasteiger partial charge is 0.385 e. The number of fused-ring (bicyclic) bond motifs is 1. The standard InChI is InChI=1S/C28H22N4O2/c33-27-23-6-1-4-19-5-2-7-24(26(19)23)28(34)32(27)15-3-14-29-22-12-10-18(11-13-22)20-8-9-21-17-30-31-25(21)16-20/h1-2,4-13,16,29H,3,14-15,17H2. The minimum Gasteiger partial charge on any atom is -0.385 e. The number of amides is 2. The number of carbonyl (C=O) groups is 2. The van der Waals surface area contributed by atoms with Crippen LogP contribution in [0.15, 0.2) is 89.1 Å². The van der Waals surface area contributed by atoms with Gasteiger partial charge in [0.05, 0.1) is 12.2 Å². The Morgan fingerprint density at radius 1 is 0.824 bits per heavy atom. The summed E-state index contributed by atoms with van der Waals surface area (Å²) < 4.78 is 0. The zero-order valence-corrected chi connectivity index (χ0v) is 18.5. The van der Waals surface area contributed by atoms with Gasteiger partial charge in [-0.25, -0.2) is 0 Å². The number of carbonyl (C=O) groups excluding carboxylic acids is 2. The number of nitrogens with one attached hydrogen (secondary N) is 1. The summed E-state index contributed by atoms with van der Waals surface area (Å²) in [5.74, 6) is -0.430. The fourth-order valence-electron chi connectivity index (χ4n) is 4.69. The van der Waals surface area contributed by atoms with Crippen LogP contribution < -0.4 is 5.32 Å². The van der Waals surface area contributed by atoms with E-state index < -0.39 is 0 Å². The third-order valence-corrected chi connectivity index (χ3v) is 6.47. The highest BCUT2D eigenvalue weighted by atomic mass is 16.2. The Bertz CT molecular complexity index is 1420. The highest BCUT2D eigenvalue weighted by Crippen LogP contribution is 2.32. The van der Waals surface area contributed by atoms with Crippen LogP contribution in [0.2, 0.25) is 0 Å². The van der Waals surface area contributed by atoms with Gasteiger partial charge in [-0.05, 0) is 53.3 Å². The van der Waals surface area contributed by atoms with E-state index in [1.54, 1.807) is 12.1 Å². The van der Waals surface area contributed by atoms with E-state index in [9.17, 15) is 9.59 Å². The Morgan fingerprint density at radius 2 is 1.53 bits per heavy atom. The van der Waals surface area contributed by atoms with E-state index in [1.807, 2.05) is 36.4 Å². The smallest absolute Gasteiger partial charge is 0.261 e. The first kappa shape index (κ1) is 20.3. The molecular weight excluding hydrogens is 424 g/mol. The van der Waals surface area contributed by atoms with E-state index in [1.165, 1.54) is 4.90 Å². The van der Waals surface area contributed by atoms with Crippen molar-refractivity contribution in [2.75, 3.05) is 18.4 Å². The normalized spacial score (nSPS) is 14.1. The molecule has 1 N–H and O–H groups in total. The number of anilines is 1. The molecule has 0 saturated heterocycles. The summed E-state index contributed by atoms with van der Waals surface area (Å²) in [4.78, 5) is 27.4. The minimum atomic E-state index is -0.215. The van der Waals surface area contributed by atoms with Crippen LogP contribution in [0, 0.1) is 0 Å². The first-order chi connectivity index (χ1) is 16.7. The second kappa shape index (κ2) is 8.23. The Balaban J connectivity index is 1.09. The second-order valence-corrected chi connectivity index (χ2v) is 8.57. The molecule has 0 unspecified atom stereocenters. The van der Waals surface area contributed by atoms with E-state index in [0.29, 0.717) is 37.2 Å². The molecule has 0 atom stereocenters. The fourth-order valence-corrected chi connectivity index (χ4v) is 4.69. The Morgan fingerprint density at radius 3 is 2.26 bits per heavy atom. The predicted octanol–water partition coefficient (Wildman–Crippen LogP) is 6.20. The summed E-state index contributed by atoms with van der Waals surface area (Å²) in [6, 6.07) is 25.7. The van der Waals surface area contributed by atoms with Crippen molar-refractivity contribution in [3.05, 3.63) is 95.6 Å². The lowest BCUT2D eigenvalue weighted by Crippen LogP contribution is -2.41. The zero-order chi connectivity index (χ0) is 23.1. The molecular formula is C28H22N4O2. The van der Waals surface area contributed by atoms with Gasteiger partial charge in [-0.15, -0.1) is 0 Å². The van der Waals surface area contributed by atoms with Crippen LogP contribution in [0.5, 0.6) is 0 Å². The molecule has 2 aliphatic rings. The topological polar surface area (TPSA) is 74.1 Å². The number of hydrogen-bond donors (Lipinski definition) is 1. The van der Waals surface area contributed by atoms with Gasteiger partial charge >= 0.3 is 0 Å². The number of benzene rings is 4. The highest BCUT2D eigenvalue weighted by Gasteiger charge is 2.32. The van der Waals surface area contributed by atoms with Gasteiger partial charge < -0.3 is 5.32 Å². The Labute approximate surface area is 196 Å². The van der Waals surface area contributed by atoms with Crippen LogP contribution in [-0.4, -0.2) is 29.8 Å². The number of hydrogen-bond acceptors (Lipinski definition) is 5. The van der Waals surface area contributed by atoms with Crippen LogP contribution in [0.1, 0.15) is 32.7 Å². The van der Waals surface area contributed by atoms with E-state index >= 15 is 0 Å². The third-order valence-electron chi connectivity index (χ3n) is 6.47. The SMILES string of the molecule is O=C1c2cccc3cccc(c23)C(=O)N1CCCNc1ccc(-c2ccc3c(c2)N=NC3)cc1. The fraction of sp³-hybridized carbons (Fsp3) is 0.143.